The van der Waals surface area contributed by atoms with Crippen LogP contribution in [0.4, 0.5) is 4.39 Å². The minimum absolute atomic E-state index is 0.0561. The number of hydrogen-bond donors (Lipinski definition) is 0. The number of rotatable bonds is 6. The van der Waals surface area contributed by atoms with Crippen LogP contribution in [-0.2, 0) is 0 Å². The molecule has 0 unspecified atom stereocenters. The Morgan fingerprint density at radius 2 is 1.76 bits per heavy atom. The zero-order valence-electron chi connectivity index (χ0n) is 11.4. The standard InChI is InChI=1S/C16H14BrFO3/c1-11(19)13-4-2-3-5-15(13)20-8-9-21-16-10-12(18)6-7-14(16)17/h2-7,10H,8-9H2,1H3. The van der Waals surface area contributed by atoms with Crippen molar-refractivity contribution in [2.45, 2.75) is 6.92 Å². The summed E-state index contributed by atoms with van der Waals surface area (Å²) in [5.74, 6) is 0.515. The lowest BCUT2D eigenvalue weighted by atomic mass is 10.1. The molecule has 0 N–H and O–H groups in total. The lowest BCUT2D eigenvalue weighted by Gasteiger charge is -2.11. The topological polar surface area (TPSA) is 35.5 Å². The number of hydrogen-bond acceptors (Lipinski definition) is 3. The molecule has 0 saturated carbocycles. The van der Waals surface area contributed by atoms with E-state index in [9.17, 15) is 9.18 Å². The number of ketones is 1. The summed E-state index contributed by atoms with van der Waals surface area (Å²) in [5.41, 5.74) is 0.532. The molecule has 3 nitrogen and oxygen atoms in total. The van der Waals surface area contributed by atoms with Gasteiger partial charge in [-0.2, -0.15) is 0 Å². The molecule has 0 aliphatic heterocycles. The van der Waals surface area contributed by atoms with Crippen molar-refractivity contribution >= 4 is 21.7 Å². The van der Waals surface area contributed by atoms with Gasteiger partial charge in [0, 0.05) is 6.07 Å². The van der Waals surface area contributed by atoms with Crippen molar-refractivity contribution in [1.29, 1.82) is 0 Å². The van der Waals surface area contributed by atoms with E-state index in [1.54, 1.807) is 30.3 Å². The first-order valence-electron chi connectivity index (χ1n) is 6.38. The van der Waals surface area contributed by atoms with Gasteiger partial charge in [-0.1, -0.05) is 12.1 Å². The monoisotopic (exact) mass is 352 g/mol. The number of carbonyl (C=O) groups excluding carboxylic acids is 1. The van der Waals surface area contributed by atoms with Gasteiger partial charge in [0.1, 0.15) is 30.5 Å². The third-order valence-corrected chi connectivity index (χ3v) is 3.41. The molecule has 2 aromatic rings. The first-order chi connectivity index (χ1) is 10.1. The molecular formula is C16H14BrFO3. The Morgan fingerprint density at radius 1 is 1.10 bits per heavy atom. The quantitative estimate of drug-likeness (QED) is 0.575. The summed E-state index contributed by atoms with van der Waals surface area (Å²) in [6, 6.07) is 11.2. The van der Waals surface area contributed by atoms with E-state index in [0.717, 1.165) is 0 Å². The van der Waals surface area contributed by atoms with Crippen molar-refractivity contribution in [2.75, 3.05) is 13.2 Å². The van der Waals surface area contributed by atoms with E-state index in [-0.39, 0.29) is 24.8 Å². The van der Waals surface area contributed by atoms with Crippen LogP contribution in [0.5, 0.6) is 11.5 Å². The van der Waals surface area contributed by atoms with Crippen molar-refractivity contribution in [3.63, 3.8) is 0 Å². The fourth-order valence-electron chi connectivity index (χ4n) is 1.77. The normalized spacial score (nSPS) is 10.2. The fraction of sp³-hybridized carbons (Fsp3) is 0.188. The summed E-state index contributed by atoms with van der Waals surface area (Å²) < 4.78 is 24.7. The number of benzene rings is 2. The molecule has 5 heteroatoms. The highest BCUT2D eigenvalue weighted by atomic mass is 79.9. The van der Waals surface area contributed by atoms with Crippen molar-refractivity contribution in [1.82, 2.24) is 0 Å². The predicted molar refractivity (Wildman–Crippen MR) is 81.5 cm³/mol. The molecule has 0 aromatic heterocycles. The Labute approximate surface area is 130 Å². The van der Waals surface area contributed by atoms with E-state index in [1.807, 2.05) is 0 Å². The number of carbonyl (C=O) groups is 1. The molecule has 0 heterocycles. The van der Waals surface area contributed by atoms with Crippen LogP contribution in [0.25, 0.3) is 0 Å². The molecular weight excluding hydrogens is 339 g/mol. The Hall–Kier alpha value is -1.88. The summed E-state index contributed by atoms with van der Waals surface area (Å²) in [6.45, 7) is 1.99. The van der Waals surface area contributed by atoms with Gasteiger partial charge >= 0.3 is 0 Å². The van der Waals surface area contributed by atoms with Gasteiger partial charge in [-0.05, 0) is 47.1 Å². The maximum Gasteiger partial charge on any atom is 0.163 e. The minimum Gasteiger partial charge on any atom is -0.489 e. The third-order valence-electron chi connectivity index (χ3n) is 2.76. The molecule has 21 heavy (non-hydrogen) atoms. The van der Waals surface area contributed by atoms with Crippen molar-refractivity contribution in [3.8, 4) is 11.5 Å². The summed E-state index contributed by atoms with van der Waals surface area (Å²) in [4.78, 5) is 11.4. The average Bonchev–Trinajstić information content (AvgIpc) is 2.47. The zero-order valence-corrected chi connectivity index (χ0v) is 13.0. The molecule has 0 spiro atoms. The lowest BCUT2D eigenvalue weighted by Crippen LogP contribution is -2.11. The van der Waals surface area contributed by atoms with Crippen LogP contribution in [0.1, 0.15) is 17.3 Å². The Balaban J connectivity index is 1.91. The van der Waals surface area contributed by atoms with Crippen LogP contribution >= 0.6 is 15.9 Å². The van der Waals surface area contributed by atoms with Gasteiger partial charge in [0.2, 0.25) is 0 Å². The van der Waals surface area contributed by atoms with E-state index in [0.29, 0.717) is 21.5 Å². The predicted octanol–water partition coefficient (Wildman–Crippen LogP) is 4.25. The van der Waals surface area contributed by atoms with Gasteiger partial charge in [-0.25, -0.2) is 4.39 Å². The number of Topliss-reactive ketones (excluding diaryl/α,β-unsaturated/α-hetero) is 1. The Bertz CT molecular complexity index is 643. The van der Waals surface area contributed by atoms with Crippen molar-refractivity contribution in [2.24, 2.45) is 0 Å². The van der Waals surface area contributed by atoms with Crippen molar-refractivity contribution < 1.29 is 18.7 Å². The summed E-state index contributed by atoms with van der Waals surface area (Å²) in [5, 5.41) is 0. The minimum atomic E-state index is -0.365. The molecule has 0 bridgehead atoms. The molecule has 110 valence electrons. The highest BCUT2D eigenvalue weighted by Crippen LogP contribution is 2.25. The van der Waals surface area contributed by atoms with E-state index >= 15 is 0 Å². The van der Waals surface area contributed by atoms with E-state index in [1.165, 1.54) is 19.1 Å². The Morgan fingerprint density at radius 3 is 2.48 bits per heavy atom. The Kier molecular flexibility index (Phi) is 5.33. The maximum absolute atomic E-state index is 13.1. The van der Waals surface area contributed by atoms with Gasteiger partial charge in [-0.3, -0.25) is 4.79 Å². The molecule has 0 atom stereocenters. The smallest absolute Gasteiger partial charge is 0.163 e. The molecule has 0 amide bonds. The van der Waals surface area contributed by atoms with Gasteiger partial charge in [0.05, 0.1) is 10.0 Å². The van der Waals surface area contributed by atoms with Crippen LogP contribution < -0.4 is 9.47 Å². The maximum atomic E-state index is 13.1. The number of halogens is 2. The van der Waals surface area contributed by atoms with E-state index in [2.05, 4.69) is 15.9 Å². The van der Waals surface area contributed by atoms with Crippen LogP contribution in [0.3, 0.4) is 0 Å². The summed E-state index contributed by atoms with van der Waals surface area (Å²) >= 11 is 3.28. The van der Waals surface area contributed by atoms with Gasteiger partial charge in [0.25, 0.3) is 0 Å². The third kappa shape index (κ3) is 4.29. The highest BCUT2D eigenvalue weighted by Gasteiger charge is 2.07. The highest BCUT2D eigenvalue weighted by molar-refractivity contribution is 9.10. The van der Waals surface area contributed by atoms with E-state index < -0.39 is 0 Å². The molecule has 0 fully saturated rings. The molecule has 0 aliphatic carbocycles. The molecule has 0 saturated heterocycles. The number of para-hydroxylation sites is 1. The first kappa shape index (κ1) is 15.5. The largest absolute Gasteiger partial charge is 0.489 e. The van der Waals surface area contributed by atoms with Crippen LogP contribution in [0.15, 0.2) is 46.9 Å². The first-order valence-corrected chi connectivity index (χ1v) is 7.18. The fourth-order valence-corrected chi connectivity index (χ4v) is 2.14. The summed E-state index contributed by atoms with van der Waals surface area (Å²) in [6.07, 6.45) is 0. The zero-order chi connectivity index (χ0) is 15.2. The second-order valence-electron chi connectivity index (χ2n) is 4.32. The molecule has 0 aliphatic rings. The summed E-state index contributed by atoms with van der Waals surface area (Å²) in [7, 11) is 0. The van der Waals surface area contributed by atoms with Gasteiger partial charge < -0.3 is 9.47 Å². The van der Waals surface area contributed by atoms with E-state index in [4.69, 9.17) is 9.47 Å². The van der Waals surface area contributed by atoms with Crippen LogP contribution in [-0.4, -0.2) is 19.0 Å². The lowest BCUT2D eigenvalue weighted by molar-refractivity contribution is 0.101. The average molecular weight is 353 g/mol. The van der Waals surface area contributed by atoms with Crippen molar-refractivity contribution in [3.05, 3.63) is 58.3 Å². The van der Waals surface area contributed by atoms with Crippen LogP contribution in [0, 0.1) is 5.82 Å². The molecule has 0 radical (unpaired) electrons. The second-order valence-corrected chi connectivity index (χ2v) is 5.18. The SMILES string of the molecule is CC(=O)c1ccccc1OCCOc1cc(F)ccc1Br. The number of ether oxygens (including phenoxy) is 2. The molecule has 2 rings (SSSR count). The van der Waals surface area contributed by atoms with Gasteiger partial charge in [0.15, 0.2) is 5.78 Å². The van der Waals surface area contributed by atoms with Crippen LogP contribution in [0.2, 0.25) is 0 Å². The van der Waals surface area contributed by atoms with Gasteiger partial charge in [-0.15, -0.1) is 0 Å². The molecule has 2 aromatic carbocycles. The second kappa shape index (κ2) is 7.22.